The minimum Gasteiger partial charge on any atom is -0.389 e. The number of aryl methyl sites for hydroxylation is 1. The van der Waals surface area contributed by atoms with Crippen LogP contribution in [0.1, 0.15) is 18.1 Å². The second-order valence-corrected chi connectivity index (χ2v) is 6.61. The van der Waals surface area contributed by atoms with Crippen molar-refractivity contribution in [3.8, 4) is 0 Å². The Balaban J connectivity index is 2.42. The van der Waals surface area contributed by atoms with Gasteiger partial charge in [0, 0.05) is 25.9 Å². The van der Waals surface area contributed by atoms with Crippen molar-refractivity contribution in [1.29, 1.82) is 0 Å². The summed E-state index contributed by atoms with van der Waals surface area (Å²) in [6, 6.07) is 12.0. The van der Waals surface area contributed by atoms with E-state index in [1.165, 1.54) is 5.56 Å². The van der Waals surface area contributed by atoms with E-state index >= 15 is 0 Å². The van der Waals surface area contributed by atoms with Gasteiger partial charge in [-0.1, -0.05) is 51.0 Å². The third-order valence-corrected chi connectivity index (χ3v) is 4.17. The van der Waals surface area contributed by atoms with Crippen molar-refractivity contribution in [3.63, 3.8) is 0 Å². The molecule has 0 fully saturated rings. The number of benzene rings is 2. The standard InChI is InChI=1S/C15H14Br2N2S/c1-2-9-7-10(16)3-5-13(9)19-14-6-4-11(17)8-12(14)15(18)20/h3-8,19H,2H2,1H3,(H2,18,20). The Labute approximate surface area is 141 Å². The van der Waals surface area contributed by atoms with Gasteiger partial charge in [0.1, 0.15) is 4.99 Å². The number of hydrogen-bond donors (Lipinski definition) is 2. The molecule has 0 saturated heterocycles. The lowest BCUT2D eigenvalue weighted by Gasteiger charge is -2.15. The lowest BCUT2D eigenvalue weighted by Crippen LogP contribution is -2.12. The highest BCUT2D eigenvalue weighted by atomic mass is 79.9. The number of rotatable bonds is 4. The van der Waals surface area contributed by atoms with Crippen molar-refractivity contribution in [3.05, 3.63) is 56.5 Å². The van der Waals surface area contributed by atoms with E-state index in [9.17, 15) is 0 Å². The average molecular weight is 414 g/mol. The first-order chi connectivity index (χ1) is 9.51. The molecule has 2 rings (SSSR count). The molecular formula is C15H14Br2N2S. The molecule has 2 aromatic carbocycles. The topological polar surface area (TPSA) is 38.0 Å². The van der Waals surface area contributed by atoms with Gasteiger partial charge in [0.05, 0.1) is 0 Å². The van der Waals surface area contributed by atoms with Gasteiger partial charge in [0.2, 0.25) is 0 Å². The maximum atomic E-state index is 5.79. The molecule has 104 valence electrons. The van der Waals surface area contributed by atoms with Gasteiger partial charge in [-0.2, -0.15) is 0 Å². The minimum absolute atomic E-state index is 0.379. The number of hydrogen-bond acceptors (Lipinski definition) is 2. The van der Waals surface area contributed by atoms with E-state index < -0.39 is 0 Å². The third kappa shape index (κ3) is 3.59. The van der Waals surface area contributed by atoms with E-state index in [0.717, 1.165) is 32.3 Å². The molecule has 0 aliphatic rings. The van der Waals surface area contributed by atoms with Gasteiger partial charge >= 0.3 is 0 Å². The van der Waals surface area contributed by atoms with Crippen LogP contribution >= 0.6 is 44.1 Å². The predicted molar refractivity (Wildman–Crippen MR) is 96.8 cm³/mol. The summed E-state index contributed by atoms with van der Waals surface area (Å²) in [6.45, 7) is 2.13. The lowest BCUT2D eigenvalue weighted by molar-refractivity contribution is 1.14. The second-order valence-electron chi connectivity index (χ2n) is 4.33. The average Bonchev–Trinajstić information content (AvgIpc) is 2.42. The molecule has 0 saturated carbocycles. The first kappa shape index (κ1) is 15.5. The summed E-state index contributed by atoms with van der Waals surface area (Å²) in [4.78, 5) is 0.379. The van der Waals surface area contributed by atoms with Crippen molar-refractivity contribution in [2.24, 2.45) is 5.73 Å². The van der Waals surface area contributed by atoms with Gasteiger partial charge in [0.15, 0.2) is 0 Å². The number of nitrogens with two attached hydrogens (primary N) is 1. The zero-order valence-corrected chi connectivity index (χ0v) is 14.9. The molecule has 0 atom stereocenters. The van der Waals surface area contributed by atoms with Crippen molar-refractivity contribution >= 4 is 60.4 Å². The molecule has 20 heavy (non-hydrogen) atoms. The smallest absolute Gasteiger partial charge is 0.106 e. The number of nitrogens with one attached hydrogen (secondary N) is 1. The minimum atomic E-state index is 0.379. The maximum absolute atomic E-state index is 5.79. The highest BCUT2D eigenvalue weighted by Crippen LogP contribution is 2.28. The van der Waals surface area contributed by atoms with E-state index in [2.05, 4.69) is 50.2 Å². The van der Waals surface area contributed by atoms with Gasteiger partial charge in [-0.15, -0.1) is 0 Å². The Morgan fingerprint density at radius 2 is 1.70 bits per heavy atom. The fourth-order valence-electron chi connectivity index (χ4n) is 1.95. The lowest BCUT2D eigenvalue weighted by atomic mass is 10.1. The summed E-state index contributed by atoms with van der Waals surface area (Å²) in [5, 5.41) is 3.42. The molecule has 0 aliphatic carbocycles. The highest BCUT2D eigenvalue weighted by Gasteiger charge is 2.08. The Morgan fingerprint density at radius 3 is 2.30 bits per heavy atom. The monoisotopic (exact) mass is 412 g/mol. The van der Waals surface area contributed by atoms with Crippen LogP contribution in [-0.2, 0) is 6.42 Å². The molecular weight excluding hydrogens is 400 g/mol. The molecule has 2 nitrogen and oxygen atoms in total. The molecule has 0 unspecified atom stereocenters. The molecule has 0 spiro atoms. The number of thiocarbonyl (C=S) groups is 1. The van der Waals surface area contributed by atoms with Gasteiger partial charge in [-0.25, -0.2) is 0 Å². The molecule has 0 amide bonds. The summed E-state index contributed by atoms with van der Waals surface area (Å²) >= 11 is 12.1. The van der Waals surface area contributed by atoms with Crippen LogP contribution in [0.15, 0.2) is 45.3 Å². The molecule has 0 aromatic heterocycles. The zero-order valence-electron chi connectivity index (χ0n) is 10.9. The summed E-state index contributed by atoms with van der Waals surface area (Å²) in [5.41, 5.74) is 9.84. The normalized spacial score (nSPS) is 10.3. The first-order valence-electron chi connectivity index (χ1n) is 6.16. The van der Waals surface area contributed by atoms with Crippen molar-refractivity contribution in [2.45, 2.75) is 13.3 Å². The Bertz CT molecular complexity index is 656. The molecule has 0 radical (unpaired) electrons. The van der Waals surface area contributed by atoms with Gasteiger partial charge in [0.25, 0.3) is 0 Å². The molecule has 5 heteroatoms. The van der Waals surface area contributed by atoms with Gasteiger partial charge < -0.3 is 11.1 Å². The van der Waals surface area contributed by atoms with Gasteiger partial charge in [-0.3, -0.25) is 0 Å². The Hall–Kier alpha value is -0.910. The third-order valence-electron chi connectivity index (χ3n) is 2.96. The first-order valence-corrected chi connectivity index (χ1v) is 8.15. The van der Waals surface area contributed by atoms with E-state index in [1.807, 2.05) is 30.3 Å². The van der Waals surface area contributed by atoms with E-state index in [1.54, 1.807) is 0 Å². The summed E-state index contributed by atoms with van der Waals surface area (Å²) in [6.07, 6.45) is 0.945. The molecule has 2 aromatic rings. The van der Waals surface area contributed by atoms with Crippen LogP contribution in [0.2, 0.25) is 0 Å². The maximum Gasteiger partial charge on any atom is 0.106 e. The van der Waals surface area contributed by atoms with Crippen LogP contribution in [-0.4, -0.2) is 4.99 Å². The summed E-state index contributed by atoms with van der Waals surface area (Å²) in [7, 11) is 0. The summed E-state index contributed by atoms with van der Waals surface area (Å²) in [5.74, 6) is 0. The molecule has 3 N–H and O–H groups in total. The van der Waals surface area contributed by atoms with Crippen LogP contribution in [0.4, 0.5) is 11.4 Å². The van der Waals surface area contributed by atoms with Gasteiger partial charge in [-0.05, 0) is 48.4 Å². The highest BCUT2D eigenvalue weighted by molar-refractivity contribution is 9.10. The molecule has 0 bridgehead atoms. The fraction of sp³-hybridized carbons (Fsp3) is 0.133. The number of halogens is 2. The van der Waals surface area contributed by atoms with Crippen molar-refractivity contribution < 1.29 is 0 Å². The Morgan fingerprint density at radius 1 is 1.10 bits per heavy atom. The van der Waals surface area contributed by atoms with E-state index in [0.29, 0.717) is 4.99 Å². The molecule has 0 aliphatic heterocycles. The summed E-state index contributed by atoms with van der Waals surface area (Å²) < 4.78 is 2.03. The zero-order chi connectivity index (χ0) is 14.7. The SMILES string of the molecule is CCc1cc(Br)ccc1Nc1ccc(Br)cc1C(N)=S. The van der Waals surface area contributed by atoms with E-state index in [-0.39, 0.29) is 0 Å². The van der Waals surface area contributed by atoms with Crippen molar-refractivity contribution in [1.82, 2.24) is 0 Å². The van der Waals surface area contributed by atoms with E-state index in [4.69, 9.17) is 18.0 Å². The predicted octanol–water partition coefficient (Wildman–Crippen LogP) is 5.15. The van der Waals surface area contributed by atoms with Crippen LogP contribution in [0.3, 0.4) is 0 Å². The van der Waals surface area contributed by atoms with Crippen LogP contribution in [0.25, 0.3) is 0 Å². The van der Waals surface area contributed by atoms with Crippen molar-refractivity contribution in [2.75, 3.05) is 5.32 Å². The largest absolute Gasteiger partial charge is 0.389 e. The second kappa shape index (κ2) is 6.70. The molecule has 0 heterocycles. The quantitative estimate of drug-likeness (QED) is 0.680. The number of anilines is 2. The van der Waals surface area contributed by atoms with Crippen LogP contribution in [0.5, 0.6) is 0 Å². The fourth-order valence-corrected chi connectivity index (χ4v) is 2.89. The van der Waals surface area contributed by atoms with Crippen LogP contribution < -0.4 is 11.1 Å². The Kier molecular flexibility index (Phi) is 5.18. The van der Waals surface area contributed by atoms with Crippen LogP contribution in [0, 0.1) is 0 Å².